The third-order valence-corrected chi connectivity index (χ3v) is 4.02. The van der Waals surface area contributed by atoms with Crippen molar-refractivity contribution in [2.24, 2.45) is 5.73 Å². The Bertz CT molecular complexity index is 320. The zero-order valence-corrected chi connectivity index (χ0v) is 10.4. The molecule has 0 spiro atoms. The predicted octanol–water partition coefficient (Wildman–Crippen LogP) is 2.37. The van der Waals surface area contributed by atoms with Crippen LogP contribution in [0.15, 0.2) is 23.2 Å². The first-order valence-corrected chi connectivity index (χ1v) is 6.59. The molecule has 1 aromatic heterocycles. The highest BCUT2D eigenvalue weighted by atomic mass is 32.2. The first-order chi connectivity index (χ1) is 7.75. The second-order valence-corrected chi connectivity index (χ2v) is 5.51. The Balaban J connectivity index is 1.93. The Kier molecular flexibility index (Phi) is 4.21. The molecule has 0 amide bonds. The van der Waals surface area contributed by atoms with Crippen molar-refractivity contribution >= 4 is 11.8 Å². The van der Waals surface area contributed by atoms with Crippen LogP contribution in [0.5, 0.6) is 0 Å². The van der Waals surface area contributed by atoms with Gasteiger partial charge in [0.1, 0.15) is 0 Å². The van der Waals surface area contributed by atoms with Gasteiger partial charge in [-0.25, -0.2) is 0 Å². The lowest BCUT2D eigenvalue weighted by Gasteiger charge is -2.21. The fourth-order valence-corrected chi connectivity index (χ4v) is 2.79. The summed E-state index contributed by atoms with van der Waals surface area (Å²) in [6.07, 6.45) is 4.21. The highest BCUT2D eigenvalue weighted by Crippen LogP contribution is 2.29. The highest BCUT2D eigenvalue weighted by molar-refractivity contribution is 8.00. The van der Waals surface area contributed by atoms with E-state index < -0.39 is 0 Å². The van der Waals surface area contributed by atoms with Crippen LogP contribution in [0.4, 0.5) is 0 Å². The van der Waals surface area contributed by atoms with E-state index in [1.165, 1.54) is 4.90 Å². The number of hydrogen-bond acceptors (Lipinski definition) is 4. The molecule has 2 N–H and O–H groups in total. The molecular formula is C12H18N2OS. The molecule has 1 aliphatic heterocycles. The molecule has 4 heteroatoms. The zero-order valence-electron chi connectivity index (χ0n) is 9.56. The Morgan fingerprint density at radius 2 is 2.19 bits per heavy atom. The van der Waals surface area contributed by atoms with Crippen molar-refractivity contribution in [1.82, 2.24) is 4.98 Å². The van der Waals surface area contributed by atoms with Gasteiger partial charge in [0.25, 0.3) is 0 Å². The van der Waals surface area contributed by atoms with Crippen LogP contribution < -0.4 is 5.73 Å². The first kappa shape index (κ1) is 11.9. The van der Waals surface area contributed by atoms with E-state index in [0.29, 0.717) is 5.25 Å². The topological polar surface area (TPSA) is 48.1 Å². The summed E-state index contributed by atoms with van der Waals surface area (Å²) in [4.78, 5) is 5.60. The quantitative estimate of drug-likeness (QED) is 0.878. The minimum atomic E-state index is 0.0159. The molecule has 3 nitrogen and oxygen atoms in total. The van der Waals surface area contributed by atoms with E-state index in [4.69, 9.17) is 10.5 Å². The maximum atomic E-state index is 5.76. The van der Waals surface area contributed by atoms with E-state index in [-0.39, 0.29) is 6.04 Å². The number of rotatable bonds is 3. The van der Waals surface area contributed by atoms with Gasteiger partial charge in [0, 0.05) is 35.6 Å². The lowest BCUT2D eigenvalue weighted by molar-refractivity contribution is 0.100. The van der Waals surface area contributed by atoms with Crippen LogP contribution in [0.25, 0.3) is 0 Å². The smallest absolute Gasteiger partial charge is 0.0569 e. The molecule has 2 heterocycles. The normalized spacial score (nSPS) is 19.6. The highest BCUT2D eigenvalue weighted by Gasteiger charge is 2.15. The van der Waals surface area contributed by atoms with E-state index in [0.717, 1.165) is 31.7 Å². The summed E-state index contributed by atoms with van der Waals surface area (Å²) in [5, 5.41) is 0.677. The van der Waals surface area contributed by atoms with Gasteiger partial charge in [-0.05, 0) is 31.9 Å². The molecule has 0 saturated carbocycles. The van der Waals surface area contributed by atoms with Crippen molar-refractivity contribution in [2.45, 2.75) is 36.0 Å². The summed E-state index contributed by atoms with van der Waals surface area (Å²) in [6, 6.07) is 4.15. The van der Waals surface area contributed by atoms with Crippen LogP contribution >= 0.6 is 11.8 Å². The van der Waals surface area contributed by atoms with Crippen molar-refractivity contribution in [3.05, 3.63) is 24.0 Å². The van der Waals surface area contributed by atoms with Crippen LogP contribution in [0.1, 0.15) is 31.5 Å². The molecule has 88 valence electrons. The van der Waals surface area contributed by atoms with Gasteiger partial charge < -0.3 is 10.5 Å². The lowest BCUT2D eigenvalue weighted by Crippen LogP contribution is -2.17. The number of nitrogens with zero attached hydrogens (tertiary/aromatic N) is 1. The van der Waals surface area contributed by atoms with Gasteiger partial charge in [0.15, 0.2) is 0 Å². The van der Waals surface area contributed by atoms with Crippen molar-refractivity contribution in [1.29, 1.82) is 0 Å². The van der Waals surface area contributed by atoms with Crippen LogP contribution in [0, 0.1) is 0 Å². The summed E-state index contributed by atoms with van der Waals surface area (Å²) in [7, 11) is 0. The number of aromatic nitrogens is 1. The maximum Gasteiger partial charge on any atom is 0.0569 e. The standard InChI is InChI=1S/C12H18N2OS/c1-9(13)12-3-2-11(8-14-12)16-10-4-6-15-7-5-10/h2-3,8-10H,4-7,13H2,1H3. The molecule has 1 unspecified atom stereocenters. The number of ether oxygens (including phenoxy) is 1. The van der Waals surface area contributed by atoms with Crippen LogP contribution in [-0.2, 0) is 4.74 Å². The fraction of sp³-hybridized carbons (Fsp3) is 0.583. The van der Waals surface area contributed by atoms with Gasteiger partial charge in [-0.1, -0.05) is 0 Å². The van der Waals surface area contributed by atoms with Gasteiger partial charge in [-0.15, -0.1) is 11.8 Å². The minimum absolute atomic E-state index is 0.0159. The molecule has 0 aromatic carbocycles. The predicted molar refractivity (Wildman–Crippen MR) is 66.5 cm³/mol. The Labute approximate surface area is 101 Å². The van der Waals surface area contributed by atoms with E-state index in [1.54, 1.807) is 0 Å². The molecule has 1 aromatic rings. The van der Waals surface area contributed by atoms with Crippen LogP contribution in [0.2, 0.25) is 0 Å². The summed E-state index contributed by atoms with van der Waals surface area (Å²) in [5.74, 6) is 0. The van der Waals surface area contributed by atoms with Crippen LogP contribution in [-0.4, -0.2) is 23.4 Å². The molecule has 1 atom stereocenters. The SMILES string of the molecule is CC(N)c1ccc(SC2CCOCC2)cn1. The van der Waals surface area contributed by atoms with E-state index in [9.17, 15) is 0 Å². The third-order valence-electron chi connectivity index (χ3n) is 2.70. The molecule has 16 heavy (non-hydrogen) atoms. The van der Waals surface area contributed by atoms with Gasteiger partial charge in [0.2, 0.25) is 0 Å². The zero-order chi connectivity index (χ0) is 11.4. The molecule has 0 bridgehead atoms. The summed E-state index contributed by atoms with van der Waals surface area (Å²) < 4.78 is 5.34. The molecule has 2 rings (SSSR count). The monoisotopic (exact) mass is 238 g/mol. The van der Waals surface area contributed by atoms with Gasteiger partial charge in [-0.3, -0.25) is 4.98 Å². The van der Waals surface area contributed by atoms with Gasteiger partial charge >= 0.3 is 0 Å². The number of thioether (sulfide) groups is 1. The molecule has 0 aliphatic carbocycles. The largest absolute Gasteiger partial charge is 0.381 e. The summed E-state index contributed by atoms with van der Waals surface area (Å²) in [6.45, 7) is 3.74. The lowest BCUT2D eigenvalue weighted by atomic mass is 10.2. The summed E-state index contributed by atoms with van der Waals surface area (Å²) >= 11 is 1.90. The molecule has 1 saturated heterocycles. The average molecular weight is 238 g/mol. The molecule has 1 fully saturated rings. The van der Waals surface area contributed by atoms with Crippen molar-refractivity contribution < 1.29 is 4.74 Å². The van der Waals surface area contributed by atoms with Crippen molar-refractivity contribution in [3.63, 3.8) is 0 Å². The van der Waals surface area contributed by atoms with Crippen molar-refractivity contribution in [2.75, 3.05) is 13.2 Å². The molecule has 0 radical (unpaired) electrons. The third kappa shape index (κ3) is 3.20. The van der Waals surface area contributed by atoms with Gasteiger partial charge in [-0.2, -0.15) is 0 Å². The molecule has 1 aliphatic rings. The minimum Gasteiger partial charge on any atom is -0.381 e. The average Bonchev–Trinajstić information content (AvgIpc) is 2.31. The number of nitrogens with two attached hydrogens (primary N) is 1. The van der Waals surface area contributed by atoms with E-state index in [2.05, 4.69) is 11.1 Å². The maximum absolute atomic E-state index is 5.76. The van der Waals surface area contributed by atoms with Gasteiger partial charge in [0.05, 0.1) is 5.69 Å². The second-order valence-electron chi connectivity index (χ2n) is 4.14. The Hall–Kier alpha value is -0.580. The number of pyridine rings is 1. The van der Waals surface area contributed by atoms with E-state index in [1.807, 2.05) is 30.9 Å². The molecular weight excluding hydrogens is 220 g/mol. The second kappa shape index (κ2) is 5.66. The Morgan fingerprint density at radius 3 is 2.75 bits per heavy atom. The summed E-state index contributed by atoms with van der Waals surface area (Å²) in [5.41, 5.74) is 6.72. The van der Waals surface area contributed by atoms with E-state index >= 15 is 0 Å². The fourth-order valence-electron chi connectivity index (χ4n) is 1.72. The Morgan fingerprint density at radius 1 is 1.44 bits per heavy atom. The number of hydrogen-bond donors (Lipinski definition) is 1. The van der Waals surface area contributed by atoms with Crippen molar-refractivity contribution in [3.8, 4) is 0 Å². The van der Waals surface area contributed by atoms with Crippen LogP contribution in [0.3, 0.4) is 0 Å². The first-order valence-electron chi connectivity index (χ1n) is 5.71.